The highest BCUT2D eigenvalue weighted by atomic mass is 79.9. The molecule has 0 N–H and O–H groups in total. The van der Waals surface area contributed by atoms with Crippen LogP contribution in [0.15, 0.2) is 16.6 Å². The van der Waals surface area contributed by atoms with Gasteiger partial charge in [-0.05, 0) is 19.1 Å². The van der Waals surface area contributed by atoms with Crippen molar-refractivity contribution in [1.29, 1.82) is 0 Å². The van der Waals surface area contributed by atoms with E-state index in [0.717, 1.165) is 6.07 Å². The standard InChI is InChI=1S/C10H7BrClF3O2/c1-2-17-9(16)5-3-6(10(13,14)15)7(11)4-8(5)12/h3-4H,2H2,1H3. The Kier molecular flexibility index (Phi) is 4.43. The fourth-order valence-electron chi connectivity index (χ4n) is 1.13. The molecule has 2 nitrogen and oxygen atoms in total. The predicted octanol–water partition coefficient (Wildman–Crippen LogP) is 4.30. The van der Waals surface area contributed by atoms with Crippen molar-refractivity contribution in [2.24, 2.45) is 0 Å². The van der Waals surface area contributed by atoms with Gasteiger partial charge in [-0.15, -0.1) is 0 Å². The second-order valence-electron chi connectivity index (χ2n) is 3.03. The van der Waals surface area contributed by atoms with Crippen LogP contribution in [0.4, 0.5) is 13.2 Å². The monoisotopic (exact) mass is 330 g/mol. The van der Waals surface area contributed by atoms with Gasteiger partial charge in [0.05, 0.1) is 22.8 Å². The molecule has 0 aromatic heterocycles. The summed E-state index contributed by atoms with van der Waals surface area (Å²) in [5, 5.41) is -0.0941. The third kappa shape index (κ3) is 3.35. The Labute approximate surface area is 109 Å². The number of hydrogen-bond acceptors (Lipinski definition) is 2. The van der Waals surface area contributed by atoms with Gasteiger partial charge in [0, 0.05) is 4.47 Å². The lowest BCUT2D eigenvalue weighted by atomic mass is 10.1. The van der Waals surface area contributed by atoms with Gasteiger partial charge >= 0.3 is 12.1 Å². The summed E-state index contributed by atoms with van der Waals surface area (Å²) in [5.74, 6) is -0.879. The third-order valence-corrected chi connectivity index (χ3v) is 2.83. The first-order valence-electron chi connectivity index (χ1n) is 4.50. The summed E-state index contributed by atoms with van der Waals surface area (Å²) >= 11 is 8.43. The maximum atomic E-state index is 12.6. The zero-order chi connectivity index (χ0) is 13.2. The zero-order valence-corrected chi connectivity index (χ0v) is 10.9. The highest BCUT2D eigenvalue weighted by molar-refractivity contribution is 9.10. The van der Waals surface area contributed by atoms with E-state index >= 15 is 0 Å². The highest BCUT2D eigenvalue weighted by Crippen LogP contribution is 2.37. The van der Waals surface area contributed by atoms with Crippen molar-refractivity contribution in [3.8, 4) is 0 Å². The Hall–Kier alpha value is -0.750. The molecule has 1 rings (SSSR count). The van der Waals surface area contributed by atoms with E-state index in [4.69, 9.17) is 11.6 Å². The molecule has 7 heteroatoms. The Morgan fingerprint density at radius 3 is 2.53 bits per heavy atom. The van der Waals surface area contributed by atoms with Crippen molar-refractivity contribution in [1.82, 2.24) is 0 Å². The second-order valence-corrected chi connectivity index (χ2v) is 4.29. The minimum absolute atomic E-state index is 0.0621. The van der Waals surface area contributed by atoms with Crippen LogP contribution in [0.2, 0.25) is 5.02 Å². The lowest BCUT2D eigenvalue weighted by Crippen LogP contribution is -2.11. The van der Waals surface area contributed by atoms with E-state index in [9.17, 15) is 18.0 Å². The van der Waals surface area contributed by atoms with Crippen LogP contribution >= 0.6 is 27.5 Å². The molecule has 0 fully saturated rings. The molecule has 94 valence electrons. The first-order chi connectivity index (χ1) is 7.77. The van der Waals surface area contributed by atoms with Gasteiger partial charge in [0.1, 0.15) is 0 Å². The van der Waals surface area contributed by atoms with Crippen molar-refractivity contribution in [3.05, 3.63) is 32.8 Å². The summed E-state index contributed by atoms with van der Waals surface area (Å²) in [6, 6.07) is 1.70. The molecule has 17 heavy (non-hydrogen) atoms. The molecule has 0 heterocycles. The van der Waals surface area contributed by atoms with Gasteiger partial charge in [-0.25, -0.2) is 4.79 Å². The molecule has 0 aliphatic carbocycles. The first-order valence-corrected chi connectivity index (χ1v) is 5.67. The number of alkyl halides is 3. The highest BCUT2D eigenvalue weighted by Gasteiger charge is 2.34. The summed E-state index contributed by atoms with van der Waals surface area (Å²) in [7, 11) is 0. The van der Waals surface area contributed by atoms with Crippen molar-refractivity contribution >= 4 is 33.5 Å². The largest absolute Gasteiger partial charge is 0.462 e. The van der Waals surface area contributed by atoms with Gasteiger partial charge in [-0.2, -0.15) is 13.2 Å². The van der Waals surface area contributed by atoms with Crippen molar-refractivity contribution in [2.45, 2.75) is 13.1 Å². The number of carbonyl (C=O) groups is 1. The number of rotatable bonds is 2. The van der Waals surface area contributed by atoms with Crippen LogP contribution in [0.5, 0.6) is 0 Å². The predicted molar refractivity (Wildman–Crippen MR) is 60.1 cm³/mol. The fourth-order valence-corrected chi connectivity index (χ4v) is 2.07. The summed E-state index contributed by atoms with van der Waals surface area (Å²) in [5.41, 5.74) is -1.27. The first kappa shape index (κ1) is 14.3. The van der Waals surface area contributed by atoms with Crippen LogP contribution in [-0.2, 0) is 10.9 Å². The Morgan fingerprint density at radius 1 is 1.47 bits per heavy atom. The molecule has 0 spiro atoms. The fraction of sp³-hybridized carbons (Fsp3) is 0.300. The maximum absolute atomic E-state index is 12.6. The average molecular weight is 332 g/mol. The van der Waals surface area contributed by atoms with Crippen LogP contribution in [0, 0.1) is 0 Å². The number of esters is 1. The van der Waals surface area contributed by atoms with Gasteiger partial charge in [0.15, 0.2) is 0 Å². The van der Waals surface area contributed by atoms with Gasteiger partial charge in [-0.1, -0.05) is 27.5 Å². The minimum atomic E-state index is -4.56. The number of carbonyl (C=O) groups excluding carboxylic acids is 1. The third-order valence-electron chi connectivity index (χ3n) is 1.86. The van der Waals surface area contributed by atoms with E-state index in [1.54, 1.807) is 6.92 Å². The molecule has 0 aliphatic heterocycles. The Morgan fingerprint density at radius 2 is 2.06 bits per heavy atom. The average Bonchev–Trinajstić information content (AvgIpc) is 2.15. The van der Waals surface area contributed by atoms with Crippen LogP contribution in [0.25, 0.3) is 0 Å². The van der Waals surface area contributed by atoms with E-state index in [2.05, 4.69) is 20.7 Å². The normalized spacial score (nSPS) is 11.4. The lowest BCUT2D eigenvalue weighted by molar-refractivity contribution is -0.138. The zero-order valence-electron chi connectivity index (χ0n) is 8.57. The van der Waals surface area contributed by atoms with Crippen LogP contribution < -0.4 is 0 Å². The molecule has 0 bridgehead atoms. The lowest BCUT2D eigenvalue weighted by Gasteiger charge is -2.12. The molecule has 0 saturated carbocycles. The second kappa shape index (κ2) is 5.27. The van der Waals surface area contributed by atoms with Crippen LogP contribution in [0.3, 0.4) is 0 Å². The van der Waals surface area contributed by atoms with Gasteiger partial charge in [0.2, 0.25) is 0 Å². The minimum Gasteiger partial charge on any atom is -0.462 e. The van der Waals surface area contributed by atoms with E-state index in [1.165, 1.54) is 0 Å². The van der Waals surface area contributed by atoms with E-state index in [0.29, 0.717) is 6.07 Å². The van der Waals surface area contributed by atoms with Crippen LogP contribution in [0.1, 0.15) is 22.8 Å². The topological polar surface area (TPSA) is 26.3 Å². The molecule has 0 aliphatic rings. The molecule has 1 aromatic rings. The SMILES string of the molecule is CCOC(=O)c1cc(C(F)(F)F)c(Br)cc1Cl. The molecular formula is C10H7BrClF3O2. The van der Waals surface area contributed by atoms with Crippen molar-refractivity contribution in [2.75, 3.05) is 6.61 Å². The van der Waals surface area contributed by atoms with Gasteiger partial charge in [0.25, 0.3) is 0 Å². The summed E-state index contributed by atoms with van der Waals surface area (Å²) in [4.78, 5) is 11.4. The quantitative estimate of drug-likeness (QED) is 0.755. The number of hydrogen-bond donors (Lipinski definition) is 0. The summed E-state index contributed by atoms with van der Waals surface area (Å²) < 4.78 is 42.1. The van der Waals surface area contributed by atoms with Crippen LogP contribution in [-0.4, -0.2) is 12.6 Å². The Balaban J connectivity index is 3.29. The smallest absolute Gasteiger partial charge is 0.417 e. The number of halogens is 5. The molecule has 0 saturated heterocycles. The molecule has 0 atom stereocenters. The summed E-state index contributed by atoms with van der Waals surface area (Å²) in [6.45, 7) is 1.61. The molecule has 0 amide bonds. The van der Waals surface area contributed by atoms with E-state index < -0.39 is 17.7 Å². The van der Waals surface area contributed by atoms with Gasteiger partial charge in [-0.3, -0.25) is 0 Å². The van der Waals surface area contributed by atoms with E-state index in [-0.39, 0.29) is 21.7 Å². The number of ether oxygens (including phenoxy) is 1. The maximum Gasteiger partial charge on any atom is 0.417 e. The summed E-state index contributed by atoms with van der Waals surface area (Å²) in [6.07, 6.45) is -4.56. The van der Waals surface area contributed by atoms with Gasteiger partial charge < -0.3 is 4.74 Å². The van der Waals surface area contributed by atoms with Crippen molar-refractivity contribution in [3.63, 3.8) is 0 Å². The van der Waals surface area contributed by atoms with E-state index in [1.807, 2.05) is 0 Å². The van der Waals surface area contributed by atoms with Crippen molar-refractivity contribution < 1.29 is 22.7 Å². The molecule has 1 aromatic carbocycles. The molecule has 0 unspecified atom stereocenters. The molecular weight excluding hydrogens is 324 g/mol. The Bertz CT molecular complexity index is 446. The number of benzene rings is 1. The molecule has 0 radical (unpaired) electrons.